The molecule has 0 N–H and O–H groups in total. The molecule has 0 saturated carbocycles. The van der Waals surface area contributed by atoms with Crippen molar-refractivity contribution < 1.29 is 0 Å². The summed E-state index contributed by atoms with van der Waals surface area (Å²) in [5.74, 6) is 0. The van der Waals surface area contributed by atoms with Crippen molar-refractivity contribution in [2.75, 3.05) is 5.33 Å². The molecule has 0 aliphatic carbocycles. The van der Waals surface area contributed by atoms with Gasteiger partial charge in [0.2, 0.25) is 0 Å². The van der Waals surface area contributed by atoms with E-state index < -0.39 is 0 Å². The van der Waals surface area contributed by atoms with E-state index >= 15 is 0 Å². The molecule has 11 heavy (non-hydrogen) atoms. The monoisotopic (exact) mass is 476 g/mol. The summed E-state index contributed by atoms with van der Waals surface area (Å²) in [5, 5.41) is 0.949. The second kappa shape index (κ2) is 6.80. The minimum atomic E-state index is 0.427. The van der Waals surface area contributed by atoms with E-state index in [4.69, 9.17) is 0 Å². The SMILES string of the molecule is CC(Br)[C@H](Br)[C@H](Br)[C@H](Br)CBr. The quantitative estimate of drug-likeness (QED) is 0.522. The van der Waals surface area contributed by atoms with Crippen LogP contribution in [0.25, 0.3) is 0 Å². The second-order valence-electron chi connectivity index (χ2n) is 2.24. The van der Waals surface area contributed by atoms with Crippen LogP contribution in [0.4, 0.5) is 0 Å². The van der Waals surface area contributed by atoms with Crippen LogP contribution < -0.4 is 0 Å². The van der Waals surface area contributed by atoms with Gasteiger partial charge in [0.05, 0.1) is 0 Å². The maximum atomic E-state index is 3.62. The van der Waals surface area contributed by atoms with Crippen LogP contribution in [0, 0.1) is 0 Å². The van der Waals surface area contributed by atoms with Gasteiger partial charge in [0.15, 0.2) is 0 Å². The Kier molecular flexibility index (Phi) is 8.28. The zero-order chi connectivity index (χ0) is 9.02. The smallest absolute Gasteiger partial charge is 0.0415 e. The molecule has 0 amide bonds. The van der Waals surface area contributed by atoms with Crippen LogP contribution in [0.3, 0.4) is 0 Å². The first-order chi connectivity index (χ1) is 5.00. The molecule has 0 radical (unpaired) electrons. The van der Waals surface area contributed by atoms with Gasteiger partial charge in [0.1, 0.15) is 0 Å². The van der Waals surface area contributed by atoms with Gasteiger partial charge in [-0.2, -0.15) is 0 Å². The molecule has 0 aliphatic heterocycles. The number of halogens is 5. The van der Waals surface area contributed by atoms with Crippen LogP contribution in [0.5, 0.6) is 0 Å². The number of alkyl halides is 5. The van der Waals surface area contributed by atoms with Crippen molar-refractivity contribution in [3.8, 4) is 0 Å². The fourth-order valence-electron chi connectivity index (χ4n) is 0.538. The van der Waals surface area contributed by atoms with E-state index in [9.17, 15) is 0 Å². The average Bonchev–Trinajstić information content (AvgIpc) is 2.00. The molecule has 4 atom stereocenters. The van der Waals surface area contributed by atoms with Gasteiger partial charge in [0, 0.05) is 24.6 Å². The Labute approximate surface area is 110 Å². The molecule has 0 bridgehead atoms. The molecule has 0 saturated heterocycles. The highest BCUT2D eigenvalue weighted by Crippen LogP contribution is 2.29. The van der Waals surface area contributed by atoms with Crippen LogP contribution in [0.2, 0.25) is 0 Å². The summed E-state index contributed by atoms with van der Waals surface area (Å²) < 4.78 is 0. The van der Waals surface area contributed by atoms with Gasteiger partial charge in [-0.25, -0.2) is 0 Å². The Balaban J connectivity index is 3.90. The molecule has 0 aromatic heterocycles. The molecule has 0 aromatic rings. The van der Waals surface area contributed by atoms with Crippen molar-refractivity contribution in [3.05, 3.63) is 0 Å². The van der Waals surface area contributed by atoms with Gasteiger partial charge in [0.25, 0.3) is 0 Å². The lowest BCUT2D eigenvalue weighted by Crippen LogP contribution is -2.30. The van der Waals surface area contributed by atoms with Crippen LogP contribution >= 0.6 is 79.6 Å². The van der Waals surface area contributed by atoms with Crippen molar-refractivity contribution >= 4 is 79.6 Å². The lowest BCUT2D eigenvalue weighted by molar-refractivity contribution is 0.802. The molecule has 0 spiro atoms. The Morgan fingerprint density at radius 3 is 1.73 bits per heavy atom. The largest absolute Gasteiger partial charge is 0.0916 e. The zero-order valence-electron chi connectivity index (χ0n) is 5.91. The fourth-order valence-corrected chi connectivity index (χ4v) is 3.93. The number of rotatable bonds is 4. The van der Waals surface area contributed by atoms with E-state index in [0.717, 1.165) is 5.33 Å². The highest BCUT2D eigenvalue weighted by atomic mass is 79.9. The van der Waals surface area contributed by atoms with E-state index in [-0.39, 0.29) is 0 Å². The van der Waals surface area contributed by atoms with Gasteiger partial charge >= 0.3 is 0 Å². The zero-order valence-corrected chi connectivity index (χ0v) is 13.8. The van der Waals surface area contributed by atoms with Crippen molar-refractivity contribution in [1.82, 2.24) is 0 Å². The van der Waals surface area contributed by atoms with E-state index in [1.165, 1.54) is 0 Å². The predicted octanol–water partition coefficient (Wildman–Crippen LogP) is 4.46. The van der Waals surface area contributed by atoms with Gasteiger partial charge < -0.3 is 0 Å². The topological polar surface area (TPSA) is 0 Å². The van der Waals surface area contributed by atoms with Gasteiger partial charge in [-0.15, -0.1) is 0 Å². The summed E-state index contributed by atoms with van der Waals surface area (Å²) >= 11 is 17.7. The highest BCUT2D eigenvalue weighted by molar-refractivity contribution is 9.15. The molecule has 0 heterocycles. The lowest BCUT2D eigenvalue weighted by atomic mass is 10.2. The average molecular weight is 481 g/mol. The minimum absolute atomic E-state index is 0.427. The van der Waals surface area contributed by atoms with Crippen molar-refractivity contribution in [1.29, 1.82) is 0 Å². The van der Waals surface area contributed by atoms with Crippen LogP contribution in [-0.2, 0) is 0 Å². The third-order valence-electron chi connectivity index (χ3n) is 1.24. The van der Waals surface area contributed by atoms with E-state index in [1.807, 2.05) is 0 Å². The number of hydrogen-bond donors (Lipinski definition) is 0. The summed E-state index contributed by atoms with van der Waals surface area (Å²) in [6, 6.07) is 0. The molecule has 5 heteroatoms. The van der Waals surface area contributed by atoms with E-state index in [2.05, 4.69) is 86.6 Å². The summed E-state index contributed by atoms with van der Waals surface area (Å²) in [7, 11) is 0. The Morgan fingerprint density at radius 1 is 1.00 bits per heavy atom. The third-order valence-corrected chi connectivity index (χ3v) is 8.96. The molecule has 1 unspecified atom stereocenters. The summed E-state index contributed by atoms with van der Waals surface area (Å²) in [6.45, 7) is 2.13. The third kappa shape index (κ3) is 4.99. The molecule has 0 rings (SSSR count). The van der Waals surface area contributed by atoms with Crippen LogP contribution in [-0.4, -0.2) is 24.6 Å². The first-order valence-electron chi connectivity index (χ1n) is 3.13. The normalized spacial score (nSPS) is 22.4. The minimum Gasteiger partial charge on any atom is -0.0916 e. The molecular formula is C6H9Br5. The highest BCUT2D eigenvalue weighted by Gasteiger charge is 2.25. The van der Waals surface area contributed by atoms with Gasteiger partial charge in [-0.1, -0.05) is 86.6 Å². The van der Waals surface area contributed by atoms with E-state index in [1.54, 1.807) is 0 Å². The predicted molar refractivity (Wildman–Crippen MR) is 70.3 cm³/mol. The Morgan fingerprint density at radius 2 is 1.45 bits per heavy atom. The van der Waals surface area contributed by atoms with Crippen molar-refractivity contribution in [2.24, 2.45) is 0 Å². The maximum Gasteiger partial charge on any atom is 0.0415 e. The molecule has 0 aliphatic rings. The number of hydrogen-bond acceptors (Lipinski definition) is 0. The van der Waals surface area contributed by atoms with E-state index in [0.29, 0.717) is 19.3 Å². The fraction of sp³-hybridized carbons (Fsp3) is 1.00. The summed E-state index contributed by atoms with van der Waals surface area (Å²) in [6.07, 6.45) is 0. The summed E-state index contributed by atoms with van der Waals surface area (Å²) in [5.41, 5.74) is 0. The lowest BCUT2D eigenvalue weighted by Gasteiger charge is -2.22. The van der Waals surface area contributed by atoms with Gasteiger partial charge in [-0.05, 0) is 0 Å². The van der Waals surface area contributed by atoms with Gasteiger partial charge in [-0.3, -0.25) is 0 Å². The Hall–Kier alpha value is 2.40. The second-order valence-corrected chi connectivity index (χ2v) is 7.62. The molecule has 0 fully saturated rings. The first-order valence-corrected chi connectivity index (χ1v) is 7.91. The Bertz CT molecular complexity index is 105. The summed E-state index contributed by atoms with van der Waals surface area (Å²) in [4.78, 5) is 1.78. The van der Waals surface area contributed by atoms with Crippen LogP contribution in [0.15, 0.2) is 0 Å². The molecular weight excluding hydrogens is 472 g/mol. The van der Waals surface area contributed by atoms with Crippen molar-refractivity contribution in [2.45, 2.75) is 26.2 Å². The van der Waals surface area contributed by atoms with Crippen LogP contribution in [0.1, 0.15) is 6.92 Å². The first kappa shape index (κ1) is 13.4. The molecule has 68 valence electrons. The molecule has 0 aromatic carbocycles. The maximum absolute atomic E-state index is 3.62. The molecule has 0 nitrogen and oxygen atoms in total. The van der Waals surface area contributed by atoms with Crippen molar-refractivity contribution in [3.63, 3.8) is 0 Å². The standard InChI is InChI=1S/C6H9Br5/c1-3(8)5(10)6(11)4(9)2-7/h3-6H,2H2,1H3/t3?,4-,5+,6-/m1/s1.